The van der Waals surface area contributed by atoms with Crippen molar-refractivity contribution in [2.75, 3.05) is 83.1 Å². The Hall–Kier alpha value is -2.49. The third-order valence-corrected chi connectivity index (χ3v) is 15.7. The molecule has 0 heterocycles. The topological polar surface area (TPSA) is 120 Å². The molecule has 1 rings (SSSR count). The van der Waals surface area contributed by atoms with Gasteiger partial charge in [-0.3, -0.25) is 0 Å². The van der Waals surface area contributed by atoms with E-state index in [0.717, 1.165) is 25.6 Å². The molecule has 0 aliphatic heterocycles. The third-order valence-electron chi connectivity index (χ3n) is 15.7. The van der Waals surface area contributed by atoms with Crippen molar-refractivity contribution in [2.45, 2.75) is 329 Å². The molecule has 9 nitrogen and oxygen atoms in total. The van der Waals surface area contributed by atoms with Gasteiger partial charge in [0.15, 0.2) is 0 Å². The molecule has 0 unspecified atom stereocenters. The number of carbonyl (C=O) groups excluding carboxylic acids is 3. The minimum Gasteiger partial charge on any atom is -0.545 e. The highest BCUT2D eigenvalue weighted by Crippen LogP contribution is 2.18. The zero-order chi connectivity index (χ0) is 61.1. The highest BCUT2D eigenvalue weighted by Gasteiger charge is 2.09. The van der Waals surface area contributed by atoms with Gasteiger partial charge in [-0.25, -0.2) is 0 Å². The van der Waals surface area contributed by atoms with Crippen molar-refractivity contribution in [2.24, 2.45) is 0 Å². The number of aromatic carboxylic acids is 3. The molecule has 0 atom stereocenters. The predicted molar refractivity (Wildman–Crippen MR) is 347 cm³/mol. The fourth-order valence-electron chi connectivity index (χ4n) is 10.4. The lowest BCUT2D eigenvalue weighted by atomic mass is 10.0. The fraction of sp³-hybridized carbons (Fsp3) is 0.875. The lowest BCUT2D eigenvalue weighted by molar-refractivity contribution is -0.870. The van der Waals surface area contributed by atoms with Crippen LogP contribution in [0.2, 0.25) is 0 Å². The summed E-state index contributed by atoms with van der Waals surface area (Å²) >= 11 is 0. The molecule has 9 heteroatoms. The normalized spacial score (nSPS) is 11.6. The van der Waals surface area contributed by atoms with Crippen LogP contribution in [0.4, 0.5) is 0 Å². The maximum absolute atomic E-state index is 10.5. The first kappa shape index (κ1) is 82.7. The Morgan fingerprint density at radius 2 is 0.432 bits per heavy atom. The lowest BCUT2D eigenvalue weighted by Gasteiger charge is -2.23. The average Bonchev–Trinajstić information content (AvgIpc) is 3.40. The van der Waals surface area contributed by atoms with Crippen LogP contribution in [0.5, 0.6) is 0 Å². The average molecular weight is 1140 g/mol. The largest absolute Gasteiger partial charge is 0.545 e. The van der Waals surface area contributed by atoms with Crippen LogP contribution < -0.4 is 15.3 Å². The smallest absolute Gasteiger partial charge is 0.0780 e. The number of unbranched alkanes of at least 4 members (excludes halogenated alkanes) is 45. The van der Waals surface area contributed by atoms with Crippen LogP contribution in [-0.4, -0.2) is 114 Å². The Bertz CT molecular complexity index is 1400. The number of hydrogen-bond acceptors (Lipinski definition) is 6. The van der Waals surface area contributed by atoms with E-state index in [0.29, 0.717) is 6.07 Å². The van der Waals surface area contributed by atoms with Crippen LogP contribution in [0.25, 0.3) is 0 Å². The number of quaternary nitrogens is 3. The Kier molecular flexibility index (Phi) is 60.5. The molecule has 0 saturated heterocycles. The molecular weight excluding hydrogens is 1000 g/mol. The van der Waals surface area contributed by atoms with Crippen molar-refractivity contribution in [1.29, 1.82) is 0 Å². The molecular formula is C72H141N3O6. The van der Waals surface area contributed by atoms with Crippen LogP contribution >= 0.6 is 0 Å². The highest BCUT2D eigenvalue weighted by molar-refractivity contribution is 6.02. The second kappa shape index (κ2) is 59.2. The van der Waals surface area contributed by atoms with Crippen LogP contribution in [0.3, 0.4) is 0 Å². The van der Waals surface area contributed by atoms with E-state index in [-0.39, 0.29) is 0 Å². The maximum atomic E-state index is 10.5. The maximum Gasteiger partial charge on any atom is 0.0780 e. The van der Waals surface area contributed by atoms with E-state index in [9.17, 15) is 29.7 Å². The molecule has 0 N–H and O–H groups in total. The van der Waals surface area contributed by atoms with Crippen molar-refractivity contribution in [3.8, 4) is 0 Å². The van der Waals surface area contributed by atoms with Crippen molar-refractivity contribution < 1.29 is 43.2 Å². The Morgan fingerprint density at radius 3 is 0.580 bits per heavy atom. The molecule has 0 aliphatic carbocycles. The number of carboxylic acids is 3. The van der Waals surface area contributed by atoms with Crippen molar-refractivity contribution >= 4 is 17.9 Å². The number of rotatable bonds is 54. The summed E-state index contributed by atoms with van der Waals surface area (Å²) in [5.41, 5.74) is -1.84. The van der Waals surface area contributed by atoms with Gasteiger partial charge in [-0.05, 0) is 50.2 Å². The van der Waals surface area contributed by atoms with Gasteiger partial charge in [0.2, 0.25) is 0 Å². The molecule has 480 valence electrons. The molecule has 0 spiro atoms. The van der Waals surface area contributed by atoms with Gasteiger partial charge in [-0.1, -0.05) is 303 Å². The molecule has 0 radical (unpaired) electrons. The van der Waals surface area contributed by atoms with Gasteiger partial charge < -0.3 is 43.2 Å². The van der Waals surface area contributed by atoms with Gasteiger partial charge in [0.05, 0.1) is 101 Å². The van der Waals surface area contributed by atoms with E-state index in [1.165, 1.54) is 328 Å². The molecule has 0 saturated carbocycles. The summed E-state index contributed by atoms with van der Waals surface area (Å²) < 4.78 is 3.37. The number of benzene rings is 1. The number of hydrogen-bond donors (Lipinski definition) is 0. The van der Waals surface area contributed by atoms with Crippen LogP contribution in [0.1, 0.15) is 360 Å². The number of nitrogens with zero attached hydrogens (tertiary/aromatic N) is 3. The minimum atomic E-state index is -1.79. The molecule has 81 heavy (non-hydrogen) atoms. The predicted octanol–water partition coefficient (Wildman–Crippen LogP) is 17.6. The van der Waals surface area contributed by atoms with Crippen molar-refractivity contribution in [3.05, 3.63) is 34.9 Å². The first-order chi connectivity index (χ1) is 38.6. The van der Waals surface area contributed by atoms with E-state index in [1.807, 2.05) is 0 Å². The summed E-state index contributed by atoms with van der Waals surface area (Å²) in [6, 6.07) is 2.37. The summed E-state index contributed by atoms with van der Waals surface area (Å²) in [5, 5.41) is 31.3. The van der Waals surface area contributed by atoms with Crippen molar-refractivity contribution in [3.63, 3.8) is 0 Å². The second-order valence-corrected chi connectivity index (χ2v) is 27.6. The minimum absolute atomic E-state index is 0.445. The second-order valence-electron chi connectivity index (χ2n) is 27.6. The molecule has 0 aromatic heterocycles. The first-order valence-electron chi connectivity index (χ1n) is 34.8. The molecule has 0 fully saturated rings. The standard InChI is InChI=1S/3C21H46N.C9H6O6/c3*1-5-6-7-8-9-10-11-12-13-14-15-16-17-18-19-20-21-22(2,3)4;10-7(11)4-1-2-5(8(12)13)6(3-4)9(14)15/h3*5-21H2,1-4H3;1-3H,(H,10,11)(H,12,13)(H,14,15)/q3*+1;/p-3. The summed E-state index contributed by atoms with van der Waals surface area (Å²) in [5.74, 6) is -5.13. The Balaban J connectivity index is -0.00000101. The first-order valence-corrected chi connectivity index (χ1v) is 34.8. The molecule has 1 aromatic carbocycles. The van der Waals surface area contributed by atoms with Crippen molar-refractivity contribution in [1.82, 2.24) is 0 Å². The van der Waals surface area contributed by atoms with E-state index in [2.05, 4.69) is 84.2 Å². The van der Waals surface area contributed by atoms with Crippen LogP contribution in [0.15, 0.2) is 18.2 Å². The summed E-state index contributed by atoms with van der Waals surface area (Å²) in [6.07, 6.45) is 70.1. The van der Waals surface area contributed by atoms with E-state index >= 15 is 0 Å². The Morgan fingerprint density at radius 1 is 0.259 bits per heavy atom. The summed E-state index contributed by atoms with van der Waals surface area (Å²) in [6.45, 7) is 10.9. The van der Waals surface area contributed by atoms with Gasteiger partial charge in [-0.2, -0.15) is 0 Å². The Labute approximate surface area is 505 Å². The lowest BCUT2D eigenvalue weighted by Crippen LogP contribution is -2.35. The molecule has 0 aliphatic rings. The SMILES string of the molecule is CCCCCCCCCCCCCCCCCC[N+](C)(C)C.CCCCCCCCCCCCCCCCCC[N+](C)(C)C.CCCCCCCCCCCCCCCCCC[N+](C)(C)C.O=C([O-])c1ccc(C(=O)[O-])c(C(=O)[O-])c1. The van der Waals surface area contributed by atoms with Crippen LogP contribution in [0, 0.1) is 0 Å². The van der Waals surface area contributed by atoms with Crippen LogP contribution in [-0.2, 0) is 0 Å². The van der Waals surface area contributed by atoms with Gasteiger partial charge in [-0.15, -0.1) is 0 Å². The number of carbonyl (C=O) groups is 3. The van der Waals surface area contributed by atoms with E-state index < -0.39 is 34.6 Å². The fourth-order valence-corrected chi connectivity index (χ4v) is 10.4. The van der Waals surface area contributed by atoms with E-state index in [4.69, 9.17) is 0 Å². The molecule has 0 amide bonds. The summed E-state index contributed by atoms with van der Waals surface area (Å²) in [7, 11) is 20.7. The molecule has 1 aromatic rings. The van der Waals surface area contributed by atoms with Gasteiger partial charge in [0, 0.05) is 11.1 Å². The van der Waals surface area contributed by atoms with Gasteiger partial charge >= 0.3 is 0 Å². The highest BCUT2D eigenvalue weighted by atomic mass is 16.4. The molecule has 0 bridgehead atoms. The zero-order valence-corrected chi connectivity index (χ0v) is 56.6. The zero-order valence-electron chi connectivity index (χ0n) is 56.6. The van der Waals surface area contributed by atoms with Gasteiger partial charge in [0.1, 0.15) is 0 Å². The van der Waals surface area contributed by atoms with E-state index in [1.54, 1.807) is 0 Å². The monoisotopic (exact) mass is 1140 g/mol. The quantitative estimate of drug-likeness (QED) is 0.0473. The summed E-state index contributed by atoms with van der Waals surface area (Å²) in [4.78, 5) is 31.3. The third kappa shape index (κ3) is 69.9. The number of carboxylic acid groups (broad SMARTS) is 3. The van der Waals surface area contributed by atoms with Gasteiger partial charge in [0.25, 0.3) is 0 Å².